The van der Waals surface area contributed by atoms with Crippen LogP contribution in [0.15, 0.2) is 48.5 Å². The van der Waals surface area contributed by atoms with Crippen molar-refractivity contribution in [2.75, 3.05) is 24.6 Å². The van der Waals surface area contributed by atoms with Crippen molar-refractivity contribution in [2.45, 2.75) is 26.8 Å². The van der Waals surface area contributed by atoms with Gasteiger partial charge in [-0.1, -0.05) is 29.8 Å². The van der Waals surface area contributed by atoms with Gasteiger partial charge in [0.15, 0.2) is 0 Å². The van der Waals surface area contributed by atoms with Crippen LogP contribution in [0.2, 0.25) is 0 Å². The number of rotatable bonds is 4. The molecule has 2 aromatic rings. The quantitative estimate of drug-likeness (QED) is 0.848. The maximum atomic E-state index is 13.0. The number of para-hydroxylation sites is 2. The fourth-order valence-electron chi connectivity index (χ4n) is 3.21. The van der Waals surface area contributed by atoms with E-state index in [4.69, 9.17) is 4.74 Å². The predicted molar refractivity (Wildman–Crippen MR) is 102 cm³/mol. The van der Waals surface area contributed by atoms with Gasteiger partial charge in [-0.15, -0.1) is 0 Å². The van der Waals surface area contributed by atoms with Gasteiger partial charge in [-0.05, 0) is 45.0 Å². The summed E-state index contributed by atoms with van der Waals surface area (Å²) in [7, 11) is 0. The van der Waals surface area contributed by atoms with Gasteiger partial charge >= 0.3 is 0 Å². The average molecular weight is 352 g/mol. The molecular formula is C21H24N2O3. The lowest BCUT2D eigenvalue weighted by molar-refractivity contribution is -0.124. The van der Waals surface area contributed by atoms with Crippen molar-refractivity contribution >= 4 is 17.5 Å². The second kappa shape index (κ2) is 7.60. The largest absolute Gasteiger partial charge is 0.492 e. The molecule has 2 aromatic carbocycles. The van der Waals surface area contributed by atoms with Gasteiger partial charge in [-0.25, -0.2) is 0 Å². The zero-order valence-electron chi connectivity index (χ0n) is 15.4. The monoisotopic (exact) mass is 352 g/mol. The first-order valence-electron chi connectivity index (χ1n) is 8.93. The minimum atomic E-state index is -0.521. The Bertz CT molecular complexity index is 801. The molecule has 1 atom stereocenters. The zero-order chi connectivity index (χ0) is 18.7. The van der Waals surface area contributed by atoms with Gasteiger partial charge in [0, 0.05) is 18.7 Å². The van der Waals surface area contributed by atoms with E-state index in [2.05, 4.69) is 0 Å². The van der Waals surface area contributed by atoms with E-state index in [1.54, 1.807) is 16.7 Å². The van der Waals surface area contributed by atoms with Crippen molar-refractivity contribution in [1.29, 1.82) is 0 Å². The average Bonchev–Trinajstić information content (AvgIpc) is 2.65. The van der Waals surface area contributed by atoms with Crippen molar-refractivity contribution in [1.82, 2.24) is 4.90 Å². The second-order valence-electron chi connectivity index (χ2n) is 6.43. The summed E-state index contributed by atoms with van der Waals surface area (Å²) in [5, 5.41) is 0. The Labute approximate surface area is 154 Å². The lowest BCUT2D eigenvalue weighted by atomic mass is 10.1. The summed E-state index contributed by atoms with van der Waals surface area (Å²) in [4.78, 5) is 29.1. The highest BCUT2D eigenvalue weighted by Crippen LogP contribution is 2.30. The Morgan fingerprint density at radius 2 is 1.81 bits per heavy atom. The minimum Gasteiger partial charge on any atom is -0.492 e. The van der Waals surface area contributed by atoms with Crippen LogP contribution in [0.5, 0.6) is 5.75 Å². The number of hydrogen-bond donors (Lipinski definition) is 0. The van der Waals surface area contributed by atoms with Gasteiger partial charge in [0.1, 0.15) is 11.8 Å². The van der Waals surface area contributed by atoms with E-state index >= 15 is 0 Å². The molecule has 0 N–H and O–H groups in total. The third-order valence-corrected chi connectivity index (χ3v) is 4.67. The Morgan fingerprint density at radius 1 is 1.12 bits per heavy atom. The van der Waals surface area contributed by atoms with Crippen molar-refractivity contribution < 1.29 is 14.3 Å². The predicted octanol–water partition coefficient (Wildman–Crippen LogP) is 3.27. The van der Waals surface area contributed by atoms with E-state index in [1.807, 2.05) is 62.4 Å². The van der Waals surface area contributed by atoms with E-state index in [0.29, 0.717) is 31.0 Å². The molecule has 1 fully saturated rings. The minimum absolute atomic E-state index is 0.0936. The molecule has 1 saturated heterocycles. The number of benzene rings is 2. The fraction of sp³-hybridized carbons (Fsp3) is 0.333. The normalized spacial score (nSPS) is 17.3. The van der Waals surface area contributed by atoms with E-state index in [-0.39, 0.29) is 11.8 Å². The molecule has 5 nitrogen and oxygen atoms in total. The van der Waals surface area contributed by atoms with Crippen LogP contribution in [0.1, 0.15) is 29.8 Å². The molecule has 0 aromatic heterocycles. The van der Waals surface area contributed by atoms with Crippen molar-refractivity contribution in [2.24, 2.45) is 0 Å². The van der Waals surface area contributed by atoms with Gasteiger partial charge < -0.3 is 14.5 Å². The summed E-state index contributed by atoms with van der Waals surface area (Å²) in [5.41, 5.74) is 2.47. The summed E-state index contributed by atoms with van der Waals surface area (Å²) in [5.74, 6) is 0.487. The summed E-state index contributed by atoms with van der Waals surface area (Å²) in [6.45, 7) is 7.15. The molecule has 0 aliphatic carbocycles. The maximum Gasteiger partial charge on any atom is 0.254 e. The highest BCUT2D eigenvalue weighted by Gasteiger charge is 2.36. The third kappa shape index (κ3) is 3.43. The SMILES string of the molecule is CCOc1ccccc1N1CCN(C(=O)c2ccc(C)cc2)[C@@H](C)C1=O. The molecule has 136 valence electrons. The summed E-state index contributed by atoms with van der Waals surface area (Å²) in [6, 6.07) is 14.4. The van der Waals surface area contributed by atoms with Crippen LogP contribution < -0.4 is 9.64 Å². The van der Waals surface area contributed by atoms with Crippen LogP contribution in [0.25, 0.3) is 0 Å². The molecule has 0 saturated carbocycles. The van der Waals surface area contributed by atoms with Gasteiger partial charge in [0.25, 0.3) is 5.91 Å². The van der Waals surface area contributed by atoms with Gasteiger partial charge in [-0.3, -0.25) is 9.59 Å². The molecule has 3 rings (SSSR count). The topological polar surface area (TPSA) is 49.9 Å². The molecule has 1 aliphatic heterocycles. The fourth-order valence-corrected chi connectivity index (χ4v) is 3.21. The van der Waals surface area contributed by atoms with Crippen LogP contribution in [-0.4, -0.2) is 42.5 Å². The molecule has 1 heterocycles. The third-order valence-electron chi connectivity index (χ3n) is 4.67. The van der Waals surface area contributed by atoms with Crippen molar-refractivity contribution in [3.05, 3.63) is 59.7 Å². The summed E-state index contributed by atoms with van der Waals surface area (Å²) in [6.07, 6.45) is 0. The number of anilines is 1. The standard InChI is InChI=1S/C21H24N2O3/c1-4-26-19-8-6-5-7-18(19)23-14-13-22(16(3)20(23)24)21(25)17-11-9-15(2)10-12-17/h5-12,16H,4,13-14H2,1-3H3/t16-/m0/s1. The molecule has 0 unspecified atom stereocenters. The number of hydrogen-bond acceptors (Lipinski definition) is 3. The Kier molecular flexibility index (Phi) is 5.26. The zero-order valence-corrected chi connectivity index (χ0v) is 15.4. The van der Waals surface area contributed by atoms with Crippen LogP contribution >= 0.6 is 0 Å². The first-order valence-corrected chi connectivity index (χ1v) is 8.93. The van der Waals surface area contributed by atoms with E-state index in [9.17, 15) is 9.59 Å². The maximum absolute atomic E-state index is 13.0. The van der Waals surface area contributed by atoms with Gasteiger partial charge in [0.05, 0.1) is 12.3 Å². The highest BCUT2D eigenvalue weighted by atomic mass is 16.5. The lowest BCUT2D eigenvalue weighted by Gasteiger charge is -2.39. The molecule has 0 bridgehead atoms. The number of aryl methyl sites for hydroxylation is 1. The van der Waals surface area contributed by atoms with Crippen LogP contribution in [0.4, 0.5) is 5.69 Å². The number of ether oxygens (including phenoxy) is 1. The molecule has 5 heteroatoms. The Hall–Kier alpha value is -2.82. The molecule has 0 radical (unpaired) electrons. The van der Waals surface area contributed by atoms with E-state index < -0.39 is 6.04 Å². The molecule has 26 heavy (non-hydrogen) atoms. The summed E-state index contributed by atoms with van der Waals surface area (Å²) >= 11 is 0. The smallest absolute Gasteiger partial charge is 0.254 e. The van der Waals surface area contributed by atoms with E-state index in [1.165, 1.54) is 0 Å². The molecule has 0 spiro atoms. The number of piperazine rings is 1. The lowest BCUT2D eigenvalue weighted by Crippen LogP contribution is -2.57. The first-order chi connectivity index (χ1) is 12.5. The van der Waals surface area contributed by atoms with Gasteiger partial charge in [0.2, 0.25) is 5.91 Å². The van der Waals surface area contributed by atoms with Crippen LogP contribution in [-0.2, 0) is 4.79 Å². The van der Waals surface area contributed by atoms with E-state index in [0.717, 1.165) is 11.3 Å². The number of amides is 2. The number of carbonyl (C=O) groups is 2. The van der Waals surface area contributed by atoms with Crippen molar-refractivity contribution in [3.8, 4) is 5.75 Å². The Balaban J connectivity index is 1.81. The van der Waals surface area contributed by atoms with Crippen LogP contribution in [0, 0.1) is 6.92 Å². The molecule has 1 aliphatic rings. The second-order valence-corrected chi connectivity index (χ2v) is 6.43. The number of carbonyl (C=O) groups excluding carboxylic acids is 2. The van der Waals surface area contributed by atoms with Crippen LogP contribution in [0.3, 0.4) is 0 Å². The molecular weight excluding hydrogens is 328 g/mol. The highest BCUT2D eigenvalue weighted by molar-refractivity contribution is 6.04. The Morgan fingerprint density at radius 3 is 2.50 bits per heavy atom. The first kappa shape index (κ1) is 18.0. The van der Waals surface area contributed by atoms with Gasteiger partial charge in [-0.2, -0.15) is 0 Å². The summed E-state index contributed by atoms with van der Waals surface area (Å²) < 4.78 is 5.65. The molecule has 2 amide bonds. The van der Waals surface area contributed by atoms with Crippen molar-refractivity contribution in [3.63, 3.8) is 0 Å². The number of nitrogens with zero attached hydrogens (tertiary/aromatic N) is 2.